The summed E-state index contributed by atoms with van der Waals surface area (Å²) in [5.74, 6) is 0.211. The highest BCUT2D eigenvalue weighted by Crippen LogP contribution is 2.45. The summed E-state index contributed by atoms with van der Waals surface area (Å²) in [5.41, 5.74) is 1.37. The molecule has 2 aliphatic rings. The fourth-order valence-corrected chi connectivity index (χ4v) is 3.64. The fraction of sp³-hybridized carbons (Fsp3) is 0.263. The number of amides is 3. The number of hydrogen-bond acceptors (Lipinski definition) is 3. The number of ether oxygens (including phenoxy) is 1. The molecule has 26 heavy (non-hydrogen) atoms. The number of fused-ring (bicyclic) bond motifs is 2. The lowest BCUT2D eigenvalue weighted by molar-refractivity contribution is -0.120. The largest absolute Gasteiger partial charge is 0.497 e. The molecule has 0 bridgehead atoms. The summed E-state index contributed by atoms with van der Waals surface area (Å²) in [6.07, 6.45) is 0.538. The van der Waals surface area contributed by atoms with Crippen LogP contribution < -0.4 is 15.4 Å². The molecule has 2 heterocycles. The molecule has 1 atom stereocenters. The van der Waals surface area contributed by atoms with E-state index in [1.165, 1.54) is 24.3 Å². The van der Waals surface area contributed by atoms with Crippen molar-refractivity contribution in [2.24, 2.45) is 0 Å². The summed E-state index contributed by atoms with van der Waals surface area (Å²) in [4.78, 5) is 26.8. The van der Waals surface area contributed by atoms with Gasteiger partial charge in [0.05, 0.1) is 12.5 Å². The van der Waals surface area contributed by atoms with E-state index in [2.05, 4.69) is 10.6 Å². The smallest absolute Gasteiger partial charge is 0.321 e. The average molecular weight is 355 g/mol. The van der Waals surface area contributed by atoms with Gasteiger partial charge in [-0.3, -0.25) is 4.79 Å². The Morgan fingerprint density at radius 1 is 1.27 bits per heavy atom. The Kier molecular flexibility index (Phi) is 3.79. The molecule has 1 unspecified atom stereocenters. The molecule has 1 spiro atoms. The number of methoxy groups -OCH3 is 1. The van der Waals surface area contributed by atoms with E-state index in [0.29, 0.717) is 24.4 Å². The van der Waals surface area contributed by atoms with Crippen LogP contribution in [0.15, 0.2) is 42.5 Å². The Bertz CT molecular complexity index is 884. The van der Waals surface area contributed by atoms with Crippen molar-refractivity contribution < 1.29 is 18.7 Å². The van der Waals surface area contributed by atoms with E-state index in [9.17, 15) is 14.0 Å². The monoisotopic (exact) mass is 355 g/mol. The van der Waals surface area contributed by atoms with Crippen LogP contribution in [-0.4, -0.2) is 37.0 Å². The van der Waals surface area contributed by atoms with Crippen LogP contribution in [0.5, 0.6) is 5.75 Å². The number of rotatable bonds is 2. The van der Waals surface area contributed by atoms with Crippen LogP contribution in [0.1, 0.15) is 12.0 Å². The summed E-state index contributed by atoms with van der Waals surface area (Å²) in [7, 11) is 1.58. The highest BCUT2D eigenvalue weighted by Gasteiger charge is 2.52. The third kappa shape index (κ3) is 2.56. The van der Waals surface area contributed by atoms with Crippen LogP contribution in [0.3, 0.4) is 0 Å². The molecular weight excluding hydrogens is 337 g/mol. The maximum atomic E-state index is 13.0. The first-order valence-corrected chi connectivity index (χ1v) is 8.33. The zero-order valence-corrected chi connectivity index (χ0v) is 14.2. The van der Waals surface area contributed by atoms with Gasteiger partial charge in [-0.05, 0) is 54.4 Å². The third-order valence-electron chi connectivity index (χ3n) is 5.08. The Balaban J connectivity index is 1.55. The predicted molar refractivity (Wildman–Crippen MR) is 94.9 cm³/mol. The van der Waals surface area contributed by atoms with Crippen molar-refractivity contribution in [2.75, 3.05) is 30.8 Å². The summed E-state index contributed by atoms with van der Waals surface area (Å²) in [6.45, 7) is 0.739. The number of benzene rings is 2. The molecule has 7 heteroatoms. The number of nitrogens with one attached hydrogen (secondary N) is 2. The average Bonchev–Trinajstić information content (AvgIpc) is 3.20. The van der Waals surface area contributed by atoms with Crippen molar-refractivity contribution in [3.63, 3.8) is 0 Å². The maximum Gasteiger partial charge on any atom is 0.321 e. The molecule has 0 aromatic heterocycles. The molecule has 0 aliphatic carbocycles. The minimum Gasteiger partial charge on any atom is -0.497 e. The number of urea groups is 1. The minimum absolute atomic E-state index is 0.0992. The predicted octanol–water partition coefficient (Wildman–Crippen LogP) is 2.96. The van der Waals surface area contributed by atoms with Crippen molar-refractivity contribution >= 4 is 23.3 Å². The molecule has 1 saturated heterocycles. The van der Waals surface area contributed by atoms with Crippen LogP contribution in [0.25, 0.3) is 0 Å². The standard InChI is InChI=1S/C19H18FN3O3/c1-26-14-6-7-16-15(10-14)19(17(24)22-16)8-9-23(11-19)18(25)21-13-4-2-12(20)3-5-13/h2-7,10H,8-9,11H2,1H3,(H,21,25)(H,22,24). The van der Waals surface area contributed by atoms with Crippen LogP contribution in [-0.2, 0) is 10.2 Å². The first kappa shape index (κ1) is 16.4. The Labute approximate surface area is 149 Å². The zero-order chi connectivity index (χ0) is 18.3. The summed E-state index contributed by atoms with van der Waals surface area (Å²) in [5, 5.41) is 5.65. The van der Waals surface area contributed by atoms with Crippen molar-refractivity contribution in [3.8, 4) is 5.75 Å². The zero-order valence-electron chi connectivity index (χ0n) is 14.2. The Morgan fingerprint density at radius 3 is 2.77 bits per heavy atom. The van der Waals surface area contributed by atoms with Gasteiger partial charge in [0.1, 0.15) is 11.6 Å². The number of likely N-dealkylation sites (tertiary alicyclic amines) is 1. The van der Waals surface area contributed by atoms with Crippen molar-refractivity contribution in [1.29, 1.82) is 0 Å². The lowest BCUT2D eigenvalue weighted by atomic mass is 9.81. The molecule has 4 rings (SSSR count). The van der Waals surface area contributed by atoms with E-state index in [1.54, 1.807) is 18.1 Å². The molecule has 2 aliphatic heterocycles. The van der Waals surface area contributed by atoms with Crippen LogP contribution in [0, 0.1) is 5.82 Å². The first-order valence-electron chi connectivity index (χ1n) is 8.33. The second-order valence-electron chi connectivity index (χ2n) is 6.56. The number of anilines is 2. The Morgan fingerprint density at radius 2 is 2.04 bits per heavy atom. The van der Waals surface area contributed by atoms with Gasteiger partial charge < -0.3 is 20.3 Å². The lowest BCUT2D eigenvalue weighted by Gasteiger charge is -2.23. The second-order valence-corrected chi connectivity index (χ2v) is 6.56. The fourth-order valence-electron chi connectivity index (χ4n) is 3.64. The topological polar surface area (TPSA) is 70.7 Å². The van der Waals surface area contributed by atoms with Crippen molar-refractivity contribution in [1.82, 2.24) is 4.90 Å². The van der Waals surface area contributed by atoms with E-state index in [1.807, 2.05) is 12.1 Å². The minimum atomic E-state index is -0.760. The van der Waals surface area contributed by atoms with Gasteiger partial charge in [-0.15, -0.1) is 0 Å². The normalized spacial score (nSPS) is 20.8. The molecular formula is C19H18FN3O3. The van der Waals surface area contributed by atoms with Crippen LogP contribution in [0.4, 0.5) is 20.6 Å². The molecule has 2 N–H and O–H groups in total. The summed E-state index contributed by atoms with van der Waals surface area (Å²) in [6, 6.07) is 10.7. The lowest BCUT2D eigenvalue weighted by Crippen LogP contribution is -2.40. The van der Waals surface area contributed by atoms with Crippen molar-refractivity contribution in [3.05, 3.63) is 53.8 Å². The van der Waals surface area contributed by atoms with E-state index in [-0.39, 0.29) is 24.3 Å². The Hall–Kier alpha value is -3.09. The molecule has 0 radical (unpaired) electrons. The van der Waals surface area contributed by atoms with Gasteiger partial charge in [-0.2, -0.15) is 0 Å². The van der Waals surface area contributed by atoms with E-state index >= 15 is 0 Å². The molecule has 134 valence electrons. The molecule has 1 fully saturated rings. The van der Waals surface area contributed by atoms with Gasteiger partial charge in [-0.25, -0.2) is 9.18 Å². The van der Waals surface area contributed by atoms with E-state index < -0.39 is 5.41 Å². The molecule has 2 aromatic carbocycles. The number of nitrogens with zero attached hydrogens (tertiary/aromatic N) is 1. The third-order valence-corrected chi connectivity index (χ3v) is 5.08. The highest BCUT2D eigenvalue weighted by atomic mass is 19.1. The first-order chi connectivity index (χ1) is 12.5. The van der Waals surface area contributed by atoms with Crippen LogP contribution in [0.2, 0.25) is 0 Å². The van der Waals surface area contributed by atoms with Gasteiger partial charge in [-0.1, -0.05) is 0 Å². The summed E-state index contributed by atoms with van der Waals surface area (Å²) < 4.78 is 18.3. The van der Waals surface area contributed by atoms with Gasteiger partial charge >= 0.3 is 6.03 Å². The molecule has 0 saturated carbocycles. The number of halogens is 1. The summed E-state index contributed by atoms with van der Waals surface area (Å²) >= 11 is 0. The van der Waals surface area contributed by atoms with Crippen molar-refractivity contribution in [2.45, 2.75) is 11.8 Å². The number of carbonyl (C=O) groups is 2. The number of hydrogen-bond donors (Lipinski definition) is 2. The molecule has 3 amide bonds. The van der Waals surface area contributed by atoms with Crippen LogP contribution >= 0.6 is 0 Å². The van der Waals surface area contributed by atoms with E-state index in [4.69, 9.17) is 4.74 Å². The van der Waals surface area contributed by atoms with Gasteiger partial charge in [0, 0.05) is 24.5 Å². The molecule has 2 aromatic rings. The van der Waals surface area contributed by atoms with Gasteiger partial charge in [0.25, 0.3) is 0 Å². The van der Waals surface area contributed by atoms with Gasteiger partial charge in [0.15, 0.2) is 0 Å². The number of carbonyl (C=O) groups excluding carboxylic acids is 2. The van der Waals surface area contributed by atoms with E-state index in [0.717, 1.165) is 11.3 Å². The van der Waals surface area contributed by atoms with Gasteiger partial charge in [0.2, 0.25) is 5.91 Å². The second kappa shape index (κ2) is 6.01. The maximum absolute atomic E-state index is 13.0. The highest BCUT2D eigenvalue weighted by molar-refractivity contribution is 6.07. The molecule has 6 nitrogen and oxygen atoms in total. The SMILES string of the molecule is COc1ccc2c(c1)C1(CCN(C(=O)Nc3ccc(F)cc3)C1)C(=O)N2. The quantitative estimate of drug-likeness (QED) is 0.870.